The molecule has 2 aliphatic rings. The first-order chi connectivity index (χ1) is 18.3. The summed E-state index contributed by atoms with van der Waals surface area (Å²) in [7, 11) is -1.71. The van der Waals surface area contributed by atoms with Crippen LogP contribution in [-0.4, -0.2) is 85.7 Å². The molecule has 2 amide bonds. The maximum Gasteiger partial charge on any atom is 0.290 e. The number of nitrogens with one attached hydrogen (secondary N) is 3. The molecule has 0 radical (unpaired) electrons. The van der Waals surface area contributed by atoms with Crippen molar-refractivity contribution in [2.75, 3.05) is 56.5 Å². The lowest BCUT2D eigenvalue weighted by Crippen LogP contribution is -2.44. The minimum absolute atomic E-state index is 0.0923. The van der Waals surface area contributed by atoms with Gasteiger partial charge in [-0.05, 0) is 37.0 Å². The van der Waals surface area contributed by atoms with E-state index in [0.29, 0.717) is 22.8 Å². The fraction of sp³-hybridized carbons (Fsp3) is 0.292. The van der Waals surface area contributed by atoms with Gasteiger partial charge < -0.3 is 15.1 Å². The molecule has 5 rings (SSSR count). The van der Waals surface area contributed by atoms with E-state index < -0.39 is 21.2 Å². The van der Waals surface area contributed by atoms with Gasteiger partial charge in [-0.15, -0.1) is 0 Å². The number of amides is 2. The Morgan fingerprint density at radius 2 is 1.92 bits per heavy atom. The van der Waals surface area contributed by atoms with Gasteiger partial charge >= 0.3 is 0 Å². The van der Waals surface area contributed by atoms with Crippen molar-refractivity contribution in [2.24, 2.45) is 0 Å². The zero-order valence-electron chi connectivity index (χ0n) is 20.5. The third kappa shape index (κ3) is 5.93. The second-order valence-corrected chi connectivity index (χ2v) is 11.5. The molecule has 198 valence electrons. The lowest BCUT2D eigenvalue weighted by molar-refractivity contribution is -0.115. The lowest BCUT2D eigenvalue weighted by Gasteiger charge is -2.33. The number of carbonyl (C=O) groups excluding carboxylic acids is 2. The van der Waals surface area contributed by atoms with Crippen LogP contribution >= 0.6 is 11.8 Å². The number of nitrogens with zero attached hydrogens (tertiary/aromatic N) is 5. The number of piperazine rings is 1. The standard InChI is InChI=1S/C24H26N8O4S2/c1-31-9-11-32(12-10-31)21-14-17(13-19-22(33)30-24(34)37-19)28-23(29-21)26-7-8-27-38(35,36)20-4-2-3-16-15-25-6-5-18(16)20/h2-6,13-15,27H,7-12H2,1H3,(H,26,28,29)(H,30,33,34)/b19-13-. The second kappa shape index (κ2) is 11.0. The van der Waals surface area contributed by atoms with E-state index in [0.717, 1.165) is 43.3 Å². The third-order valence-electron chi connectivity index (χ3n) is 6.11. The van der Waals surface area contributed by atoms with Crippen LogP contribution in [0.5, 0.6) is 0 Å². The Labute approximate surface area is 224 Å². The Hall–Kier alpha value is -3.59. The number of sulfonamides is 1. The molecule has 38 heavy (non-hydrogen) atoms. The Kier molecular flexibility index (Phi) is 7.56. The molecule has 0 saturated carbocycles. The number of hydrogen-bond acceptors (Lipinski definition) is 11. The molecule has 4 heterocycles. The molecule has 2 saturated heterocycles. The monoisotopic (exact) mass is 554 g/mol. The molecule has 2 fully saturated rings. The Bertz CT molecular complexity index is 1520. The molecule has 0 atom stereocenters. The van der Waals surface area contributed by atoms with Gasteiger partial charge in [0.2, 0.25) is 16.0 Å². The van der Waals surface area contributed by atoms with E-state index in [9.17, 15) is 18.0 Å². The number of pyridine rings is 1. The summed E-state index contributed by atoms with van der Waals surface area (Å²) in [6.07, 6.45) is 4.73. The van der Waals surface area contributed by atoms with Gasteiger partial charge in [0.25, 0.3) is 11.1 Å². The first kappa shape index (κ1) is 26.0. The Morgan fingerprint density at radius 3 is 2.68 bits per heavy atom. The van der Waals surface area contributed by atoms with Gasteiger partial charge in [0.1, 0.15) is 5.82 Å². The molecule has 12 nitrogen and oxygen atoms in total. The lowest BCUT2D eigenvalue weighted by atomic mass is 10.2. The highest BCUT2D eigenvalue weighted by atomic mass is 32.2. The van der Waals surface area contributed by atoms with Crippen molar-refractivity contribution in [3.05, 3.63) is 53.3 Å². The van der Waals surface area contributed by atoms with Gasteiger partial charge in [-0.1, -0.05) is 12.1 Å². The fourth-order valence-electron chi connectivity index (χ4n) is 4.12. The van der Waals surface area contributed by atoms with Crippen molar-refractivity contribution in [3.8, 4) is 0 Å². The molecular weight excluding hydrogens is 528 g/mol. The second-order valence-electron chi connectivity index (χ2n) is 8.79. The van der Waals surface area contributed by atoms with E-state index in [1.54, 1.807) is 42.7 Å². The van der Waals surface area contributed by atoms with Crippen LogP contribution in [0.3, 0.4) is 0 Å². The number of likely N-dealkylation sites (N-methyl/N-ethyl adjacent to an activating group) is 1. The minimum Gasteiger partial charge on any atom is -0.354 e. The zero-order valence-corrected chi connectivity index (χ0v) is 22.2. The first-order valence-corrected chi connectivity index (χ1v) is 14.2. The van der Waals surface area contributed by atoms with E-state index >= 15 is 0 Å². The van der Waals surface area contributed by atoms with Crippen molar-refractivity contribution in [1.82, 2.24) is 29.9 Å². The molecule has 0 spiro atoms. The molecule has 0 bridgehead atoms. The SMILES string of the molecule is CN1CCN(c2cc(/C=C3\SC(=O)NC3=O)nc(NCCNS(=O)(=O)c3cccc4cnccc34)n2)CC1. The van der Waals surface area contributed by atoms with Crippen LogP contribution in [0.25, 0.3) is 16.8 Å². The largest absolute Gasteiger partial charge is 0.354 e. The molecule has 1 aromatic carbocycles. The molecule has 14 heteroatoms. The average Bonchev–Trinajstić information content (AvgIpc) is 3.22. The number of hydrogen-bond donors (Lipinski definition) is 3. The quantitative estimate of drug-likeness (QED) is 0.275. The summed E-state index contributed by atoms with van der Waals surface area (Å²) in [5, 5.41) is 6.22. The molecule has 2 aromatic heterocycles. The summed E-state index contributed by atoms with van der Waals surface area (Å²) >= 11 is 0.819. The van der Waals surface area contributed by atoms with E-state index in [4.69, 9.17) is 0 Å². The van der Waals surface area contributed by atoms with E-state index in [1.165, 1.54) is 0 Å². The molecule has 2 aliphatic heterocycles. The van der Waals surface area contributed by atoms with E-state index in [-0.39, 0.29) is 22.9 Å². The van der Waals surface area contributed by atoms with Gasteiger partial charge in [-0.2, -0.15) is 4.98 Å². The summed E-state index contributed by atoms with van der Waals surface area (Å²) in [5.74, 6) is 0.508. The molecule has 3 N–H and O–H groups in total. The summed E-state index contributed by atoms with van der Waals surface area (Å²) in [4.78, 5) is 41.5. The molecule has 0 aliphatic carbocycles. The maximum absolute atomic E-state index is 13.0. The van der Waals surface area contributed by atoms with E-state index in [2.05, 4.69) is 47.2 Å². The van der Waals surface area contributed by atoms with Crippen molar-refractivity contribution in [2.45, 2.75) is 4.90 Å². The van der Waals surface area contributed by atoms with Crippen LogP contribution in [0.2, 0.25) is 0 Å². The average molecular weight is 555 g/mol. The normalized spacial score (nSPS) is 17.8. The Balaban J connectivity index is 1.31. The predicted octanol–water partition coefficient (Wildman–Crippen LogP) is 1.49. The highest BCUT2D eigenvalue weighted by Gasteiger charge is 2.26. The van der Waals surface area contributed by atoms with Crippen LogP contribution in [0.15, 0.2) is 52.5 Å². The molecular formula is C24H26N8O4S2. The summed E-state index contributed by atoms with van der Waals surface area (Å²) in [6, 6.07) is 8.50. The van der Waals surface area contributed by atoms with Crippen molar-refractivity contribution >= 4 is 61.5 Å². The summed E-state index contributed by atoms with van der Waals surface area (Å²) < 4.78 is 28.6. The predicted molar refractivity (Wildman–Crippen MR) is 146 cm³/mol. The van der Waals surface area contributed by atoms with Gasteiger partial charge in [0, 0.05) is 68.5 Å². The van der Waals surface area contributed by atoms with Crippen molar-refractivity contribution in [1.29, 1.82) is 0 Å². The summed E-state index contributed by atoms with van der Waals surface area (Å²) in [5.41, 5.74) is 0.466. The number of thioether (sulfide) groups is 1. The van der Waals surface area contributed by atoms with Gasteiger partial charge in [-0.3, -0.25) is 19.9 Å². The number of rotatable bonds is 8. The van der Waals surface area contributed by atoms with Crippen LogP contribution in [0.1, 0.15) is 5.69 Å². The highest BCUT2D eigenvalue weighted by Crippen LogP contribution is 2.27. The van der Waals surface area contributed by atoms with Crippen LogP contribution in [0, 0.1) is 0 Å². The van der Waals surface area contributed by atoms with Crippen LogP contribution in [0.4, 0.5) is 16.6 Å². The topological polar surface area (TPSA) is 150 Å². The third-order valence-corrected chi connectivity index (χ3v) is 8.44. The maximum atomic E-state index is 13.0. The number of benzene rings is 1. The minimum atomic E-state index is -3.77. The molecule has 3 aromatic rings. The van der Waals surface area contributed by atoms with Gasteiger partial charge in [0.15, 0.2) is 0 Å². The smallest absolute Gasteiger partial charge is 0.290 e. The highest BCUT2D eigenvalue weighted by molar-refractivity contribution is 8.18. The number of aromatic nitrogens is 3. The Morgan fingerprint density at radius 1 is 1.11 bits per heavy atom. The van der Waals surface area contributed by atoms with Crippen LogP contribution in [-0.2, 0) is 14.8 Å². The van der Waals surface area contributed by atoms with Crippen LogP contribution < -0.4 is 20.3 Å². The first-order valence-electron chi connectivity index (χ1n) is 11.9. The number of carbonyl (C=O) groups is 2. The van der Waals surface area contributed by atoms with Crippen molar-refractivity contribution < 1.29 is 18.0 Å². The number of anilines is 2. The van der Waals surface area contributed by atoms with Crippen molar-refractivity contribution in [3.63, 3.8) is 0 Å². The molecule has 0 unspecified atom stereocenters. The van der Waals surface area contributed by atoms with E-state index in [1.807, 2.05) is 6.07 Å². The van der Waals surface area contributed by atoms with Gasteiger partial charge in [-0.25, -0.2) is 18.1 Å². The number of imide groups is 1. The number of fused-ring (bicyclic) bond motifs is 1. The fourth-order valence-corrected chi connectivity index (χ4v) is 6.05. The summed E-state index contributed by atoms with van der Waals surface area (Å²) in [6.45, 7) is 3.62. The zero-order chi connectivity index (χ0) is 26.7. The van der Waals surface area contributed by atoms with Gasteiger partial charge in [0.05, 0.1) is 15.5 Å².